The van der Waals surface area contributed by atoms with Gasteiger partial charge in [-0.05, 0) is 36.1 Å². The molecule has 29 heavy (non-hydrogen) atoms. The summed E-state index contributed by atoms with van der Waals surface area (Å²) in [7, 11) is 0. The van der Waals surface area contributed by atoms with E-state index in [1.807, 2.05) is 54.6 Å². The summed E-state index contributed by atoms with van der Waals surface area (Å²) in [5.41, 5.74) is 2.13. The number of rotatable bonds is 6. The molecule has 0 saturated carbocycles. The van der Waals surface area contributed by atoms with E-state index >= 15 is 0 Å². The Bertz CT molecular complexity index is 1200. The number of benzene rings is 2. The molecule has 6 heteroatoms. The molecule has 1 N–H and O–H groups in total. The maximum atomic E-state index is 12.4. The Kier molecular flexibility index (Phi) is 5.42. The molecule has 0 fully saturated rings. The van der Waals surface area contributed by atoms with Crippen molar-refractivity contribution in [3.63, 3.8) is 0 Å². The molecule has 2 aromatic heterocycles. The second-order valence-electron chi connectivity index (χ2n) is 6.70. The number of nitrogens with zero attached hydrogens (tertiary/aromatic N) is 3. The number of hydrogen-bond acceptors (Lipinski definition) is 4. The third kappa shape index (κ3) is 4.38. The summed E-state index contributed by atoms with van der Waals surface area (Å²) in [5, 5.41) is 9.45. The highest BCUT2D eigenvalue weighted by Gasteiger charge is 2.08. The zero-order chi connectivity index (χ0) is 20.1. The predicted molar refractivity (Wildman–Crippen MR) is 114 cm³/mol. The number of anilines is 1. The van der Waals surface area contributed by atoms with E-state index < -0.39 is 0 Å². The van der Waals surface area contributed by atoms with Crippen molar-refractivity contribution in [2.75, 3.05) is 5.32 Å². The highest BCUT2D eigenvalue weighted by atomic mass is 16.1. The largest absolute Gasteiger partial charge is 0.326 e. The van der Waals surface area contributed by atoms with Gasteiger partial charge in [-0.3, -0.25) is 14.6 Å². The van der Waals surface area contributed by atoms with Crippen molar-refractivity contribution >= 4 is 22.4 Å². The molecule has 0 radical (unpaired) electrons. The Morgan fingerprint density at radius 1 is 0.966 bits per heavy atom. The summed E-state index contributed by atoms with van der Waals surface area (Å²) in [6, 6.07) is 20.6. The molecule has 4 aromatic rings. The fourth-order valence-corrected chi connectivity index (χ4v) is 3.21. The van der Waals surface area contributed by atoms with E-state index in [1.165, 1.54) is 10.7 Å². The van der Waals surface area contributed by atoms with E-state index in [2.05, 4.69) is 15.4 Å². The molecule has 0 saturated heterocycles. The Labute approximate surface area is 167 Å². The molecule has 144 valence electrons. The average molecular weight is 384 g/mol. The van der Waals surface area contributed by atoms with Gasteiger partial charge in [0.2, 0.25) is 5.91 Å². The number of fused-ring (bicyclic) bond motifs is 1. The van der Waals surface area contributed by atoms with E-state index in [0.29, 0.717) is 25.1 Å². The van der Waals surface area contributed by atoms with E-state index in [1.54, 1.807) is 18.5 Å². The zero-order valence-corrected chi connectivity index (χ0v) is 15.8. The van der Waals surface area contributed by atoms with Crippen molar-refractivity contribution < 1.29 is 4.79 Å². The topological polar surface area (TPSA) is 76.9 Å². The van der Waals surface area contributed by atoms with Crippen LogP contribution in [0.2, 0.25) is 0 Å². The van der Waals surface area contributed by atoms with Crippen molar-refractivity contribution in [3.05, 3.63) is 89.5 Å². The zero-order valence-electron chi connectivity index (χ0n) is 15.8. The molecule has 0 atom stereocenters. The van der Waals surface area contributed by atoms with E-state index in [-0.39, 0.29) is 11.5 Å². The fraction of sp³-hybridized carbons (Fsp3) is 0.130. The molecular formula is C23H20N4O2. The minimum absolute atomic E-state index is 0.0854. The van der Waals surface area contributed by atoms with Gasteiger partial charge in [0.15, 0.2) is 0 Å². The summed E-state index contributed by atoms with van der Waals surface area (Å²) in [5.74, 6) is -0.0854. The highest BCUT2D eigenvalue weighted by molar-refractivity contribution is 6.02. The number of nitrogens with one attached hydrogen (secondary N) is 1. The maximum Gasteiger partial charge on any atom is 0.266 e. The van der Waals surface area contributed by atoms with Gasteiger partial charge >= 0.3 is 0 Å². The Balaban J connectivity index is 1.40. The minimum Gasteiger partial charge on any atom is -0.326 e. The maximum absolute atomic E-state index is 12.4. The molecule has 2 aromatic carbocycles. The second-order valence-corrected chi connectivity index (χ2v) is 6.70. The molecule has 0 aliphatic rings. The molecule has 0 aliphatic heterocycles. The summed E-state index contributed by atoms with van der Waals surface area (Å²) in [4.78, 5) is 28.6. The Morgan fingerprint density at radius 2 is 1.83 bits per heavy atom. The summed E-state index contributed by atoms with van der Waals surface area (Å²) in [6.45, 7) is 0.371. The lowest BCUT2D eigenvalue weighted by atomic mass is 10.1. The molecule has 0 aliphatic carbocycles. The van der Waals surface area contributed by atoms with Gasteiger partial charge in [-0.1, -0.05) is 36.4 Å². The van der Waals surface area contributed by atoms with Gasteiger partial charge in [-0.2, -0.15) is 5.10 Å². The van der Waals surface area contributed by atoms with Crippen molar-refractivity contribution in [1.29, 1.82) is 0 Å². The lowest BCUT2D eigenvalue weighted by Gasteiger charge is -2.09. The van der Waals surface area contributed by atoms with Gasteiger partial charge < -0.3 is 5.32 Å². The van der Waals surface area contributed by atoms with Crippen LogP contribution in [0.5, 0.6) is 0 Å². The van der Waals surface area contributed by atoms with Crippen molar-refractivity contribution in [2.45, 2.75) is 19.4 Å². The number of aromatic nitrogens is 3. The molecule has 1 amide bonds. The summed E-state index contributed by atoms with van der Waals surface area (Å²) >= 11 is 0. The number of hydrogen-bond donors (Lipinski definition) is 1. The van der Waals surface area contributed by atoms with E-state index in [9.17, 15) is 9.59 Å². The Hall–Kier alpha value is -3.80. The first-order valence-electron chi connectivity index (χ1n) is 9.47. The van der Waals surface area contributed by atoms with Crippen LogP contribution in [0, 0.1) is 0 Å². The SMILES string of the molecule is O=C(CCCn1nc(-c2cccnc2)ccc1=O)Nc1cccc2ccccc12. The van der Waals surface area contributed by atoms with Crippen LogP contribution < -0.4 is 10.9 Å². The number of pyridine rings is 1. The van der Waals surface area contributed by atoms with Gasteiger partial charge in [0.25, 0.3) is 5.56 Å². The summed E-state index contributed by atoms with van der Waals surface area (Å²) in [6.07, 6.45) is 4.21. The smallest absolute Gasteiger partial charge is 0.266 e. The van der Waals surface area contributed by atoms with Crippen LogP contribution in [-0.2, 0) is 11.3 Å². The predicted octanol–water partition coefficient (Wildman–Crippen LogP) is 3.88. The molecule has 0 spiro atoms. The third-order valence-corrected chi connectivity index (χ3v) is 4.66. The summed E-state index contributed by atoms with van der Waals surface area (Å²) < 4.78 is 1.40. The van der Waals surface area contributed by atoms with Crippen molar-refractivity contribution in [2.24, 2.45) is 0 Å². The molecule has 0 bridgehead atoms. The first kappa shape index (κ1) is 18.6. The quantitative estimate of drug-likeness (QED) is 0.547. The number of carbonyl (C=O) groups is 1. The standard InChI is InChI=1S/C23H20N4O2/c28-22(25-21-10-3-7-17-6-1-2-9-19(17)21)11-5-15-27-23(29)13-12-20(26-27)18-8-4-14-24-16-18/h1-4,6-10,12-14,16H,5,11,15H2,(H,25,28). The fourth-order valence-electron chi connectivity index (χ4n) is 3.21. The molecule has 0 unspecified atom stereocenters. The number of amides is 1. The van der Waals surface area contributed by atoms with Gasteiger partial charge in [-0.25, -0.2) is 4.68 Å². The van der Waals surface area contributed by atoms with Gasteiger partial charge in [0.1, 0.15) is 0 Å². The van der Waals surface area contributed by atoms with Crippen LogP contribution in [0.25, 0.3) is 22.0 Å². The average Bonchev–Trinajstić information content (AvgIpc) is 2.76. The molecule has 2 heterocycles. The number of aryl methyl sites for hydroxylation is 1. The van der Waals surface area contributed by atoms with Crippen LogP contribution >= 0.6 is 0 Å². The van der Waals surface area contributed by atoms with Crippen LogP contribution in [0.3, 0.4) is 0 Å². The Morgan fingerprint density at radius 3 is 2.69 bits per heavy atom. The first-order chi connectivity index (χ1) is 14.2. The molecule has 4 rings (SSSR count). The van der Waals surface area contributed by atoms with Crippen LogP contribution in [0.4, 0.5) is 5.69 Å². The van der Waals surface area contributed by atoms with Crippen molar-refractivity contribution in [1.82, 2.24) is 14.8 Å². The minimum atomic E-state index is -0.188. The number of carbonyl (C=O) groups excluding carboxylic acids is 1. The van der Waals surface area contributed by atoms with Crippen molar-refractivity contribution in [3.8, 4) is 11.3 Å². The lowest BCUT2D eigenvalue weighted by Crippen LogP contribution is -2.23. The van der Waals surface area contributed by atoms with E-state index in [4.69, 9.17) is 0 Å². The monoisotopic (exact) mass is 384 g/mol. The molecular weight excluding hydrogens is 364 g/mol. The second kappa shape index (κ2) is 8.48. The van der Waals surface area contributed by atoms with Gasteiger partial charge in [0.05, 0.1) is 5.69 Å². The first-order valence-corrected chi connectivity index (χ1v) is 9.47. The normalized spacial score (nSPS) is 10.8. The van der Waals surface area contributed by atoms with E-state index in [0.717, 1.165) is 22.0 Å². The van der Waals surface area contributed by atoms with Crippen LogP contribution in [0.1, 0.15) is 12.8 Å². The highest BCUT2D eigenvalue weighted by Crippen LogP contribution is 2.23. The third-order valence-electron chi connectivity index (χ3n) is 4.66. The van der Waals surface area contributed by atoms with Crippen LogP contribution in [0.15, 0.2) is 83.9 Å². The van der Waals surface area contributed by atoms with Gasteiger partial charge in [0, 0.05) is 48.1 Å². The molecule has 6 nitrogen and oxygen atoms in total. The van der Waals surface area contributed by atoms with Crippen LogP contribution in [-0.4, -0.2) is 20.7 Å². The van der Waals surface area contributed by atoms with Gasteiger partial charge in [-0.15, -0.1) is 0 Å². The lowest BCUT2D eigenvalue weighted by molar-refractivity contribution is -0.116.